The quantitative estimate of drug-likeness (QED) is 0.433. The molecule has 0 unspecified atom stereocenters. The van der Waals surface area contributed by atoms with Crippen LogP contribution in [0, 0.1) is 11.6 Å². The number of hydrogen-bond donors (Lipinski definition) is 1. The molecule has 0 radical (unpaired) electrons. The molecule has 0 spiro atoms. The van der Waals surface area contributed by atoms with Crippen LogP contribution in [0.3, 0.4) is 0 Å². The lowest BCUT2D eigenvalue weighted by molar-refractivity contribution is 0.0994. The van der Waals surface area contributed by atoms with Gasteiger partial charge in [0, 0.05) is 19.5 Å². The minimum atomic E-state index is -0.934. The van der Waals surface area contributed by atoms with Crippen LogP contribution in [-0.2, 0) is 13.1 Å². The molecule has 14 heteroatoms. The van der Waals surface area contributed by atoms with Crippen LogP contribution >= 0.6 is 15.9 Å². The average molecular weight is 596 g/mol. The number of alkyl halides is 1. The molecule has 10 nitrogen and oxygen atoms in total. The summed E-state index contributed by atoms with van der Waals surface area (Å²) in [6.07, 6.45) is 1.14. The maximum Gasteiger partial charge on any atom is 0.319 e. The smallest absolute Gasteiger partial charge is 0.319 e. The third kappa shape index (κ3) is 3.96. The number of benzene rings is 1. The van der Waals surface area contributed by atoms with Gasteiger partial charge in [-0.1, -0.05) is 0 Å². The molecule has 2 saturated heterocycles. The van der Waals surface area contributed by atoms with Gasteiger partial charge in [-0.25, -0.2) is 13.2 Å². The first-order valence-corrected chi connectivity index (χ1v) is 13.1. The van der Waals surface area contributed by atoms with Gasteiger partial charge in [0.15, 0.2) is 17.4 Å². The Kier molecular flexibility index (Phi) is 6.13. The number of carbonyl (C=O) groups excluding carboxylic acids is 1. The first-order chi connectivity index (χ1) is 18.2. The molecule has 5 heterocycles. The minimum Gasteiger partial charge on any atom is -0.493 e. The molecule has 1 aromatic carbocycles. The Morgan fingerprint density at radius 3 is 2.84 bits per heavy atom. The Labute approximate surface area is 224 Å². The highest BCUT2D eigenvalue weighted by Crippen LogP contribution is 2.43. The summed E-state index contributed by atoms with van der Waals surface area (Å²) in [4.78, 5) is 24.4. The van der Waals surface area contributed by atoms with Crippen LogP contribution in [0.1, 0.15) is 35.4 Å². The molecule has 3 aliphatic heterocycles. The molecule has 0 bridgehead atoms. The predicted molar refractivity (Wildman–Crippen MR) is 134 cm³/mol. The van der Waals surface area contributed by atoms with Crippen molar-refractivity contribution in [2.24, 2.45) is 5.73 Å². The Morgan fingerprint density at radius 1 is 1.26 bits per heavy atom. The lowest BCUT2D eigenvalue weighted by Gasteiger charge is -2.32. The van der Waals surface area contributed by atoms with E-state index >= 15 is 8.78 Å². The number of hydrogen-bond acceptors (Lipinski definition) is 8. The van der Waals surface area contributed by atoms with Crippen LogP contribution in [0.4, 0.5) is 19.0 Å². The van der Waals surface area contributed by atoms with Crippen molar-refractivity contribution in [3.63, 3.8) is 0 Å². The Hall–Kier alpha value is -3.13. The molecular formula is C24H25BrF3N7O3. The summed E-state index contributed by atoms with van der Waals surface area (Å²) in [5, 5.41) is 4.26. The molecule has 2 aromatic heterocycles. The number of fused-ring (bicyclic) bond motifs is 3. The molecule has 202 valence electrons. The summed E-state index contributed by atoms with van der Waals surface area (Å²) < 4.78 is 57.3. The fourth-order valence-corrected chi connectivity index (χ4v) is 6.27. The maximum atomic E-state index is 15.4. The molecule has 2 N–H and O–H groups in total. The van der Waals surface area contributed by atoms with Crippen LogP contribution in [0.5, 0.6) is 11.8 Å². The normalized spacial score (nSPS) is 23.1. The zero-order chi connectivity index (χ0) is 26.8. The highest BCUT2D eigenvalue weighted by atomic mass is 79.9. The third-order valence-corrected chi connectivity index (χ3v) is 8.37. The van der Waals surface area contributed by atoms with Crippen LogP contribution < -0.4 is 20.1 Å². The van der Waals surface area contributed by atoms with Crippen LogP contribution in [0.15, 0.2) is 10.5 Å². The van der Waals surface area contributed by atoms with E-state index < -0.39 is 33.7 Å². The number of nitrogens with zero attached hydrogens (tertiary/aromatic N) is 6. The van der Waals surface area contributed by atoms with E-state index in [0.717, 1.165) is 19.4 Å². The maximum absolute atomic E-state index is 15.4. The van der Waals surface area contributed by atoms with E-state index in [1.807, 2.05) is 0 Å². The summed E-state index contributed by atoms with van der Waals surface area (Å²) in [7, 11) is 1.28. The molecule has 0 saturated carbocycles. The van der Waals surface area contributed by atoms with Crippen molar-refractivity contribution in [2.75, 3.05) is 38.3 Å². The summed E-state index contributed by atoms with van der Waals surface area (Å²) in [5.74, 6) is -2.51. The fraction of sp³-hybridized carbons (Fsp3) is 0.500. The number of primary amides is 1. The summed E-state index contributed by atoms with van der Waals surface area (Å²) in [6, 6.07) is 1.47. The zero-order valence-corrected chi connectivity index (χ0v) is 22.1. The summed E-state index contributed by atoms with van der Waals surface area (Å²) >= 11 is 2.96. The highest BCUT2D eigenvalue weighted by molar-refractivity contribution is 9.10. The van der Waals surface area contributed by atoms with E-state index in [-0.39, 0.29) is 47.3 Å². The van der Waals surface area contributed by atoms with Gasteiger partial charge in [0.1, 0.15) is 29.8 Å². The number of rotatable bonds is 6. The number of ether oxygens (including phenoxy) is 2. The van der Waals surface area contributed by atoms with Crippen molar-refractivity contribution in [2.45, 2.75) is 44.1 Å². The molecular weight excluding hydrogens is 571 g/mol. The van der Waals surface area contributed by atoms with Crippen LogP contribution in [0.2, 0.25) is 0 Å². The molecule has 2 fully saturated rings. The van der Waals surface area contributed by atoms with Gasteiger partial charge in [0.2, 0.25) is 0 Å². The van der Waals surface area contributed by atoms with Gasteiger partial charge in [0.05, 0.1) is 41.3 Å². The van der Waals surface area contributed by atoms with Crippen LogP contribution in [-0.4, -0.2) is 75.6 Å². The first kappa shape index (κ1) is 25.2. The van der Waals surface area contributed by atoms with Gasteiger partial charge in [0.25, 0.3) is 5.91 Å². The van der Waals surface area contributed by atoms with E-state index in [9.17, 15) is 9.18 Å². The summed E-state index contributed by atoms with van der Waals surface area (Å²) in [6.45, 7) is 2.27. The second-order valence-corrected chi connectivity index (χ2v) is 10.7. The monoisotopic (exact) mass is 595 g/mol. The van der Waals surface area contributed by atoms with Crippen molar-refractivity contribution in [3.8, 4) is 11.8 Å². The highest BCUT2D eigenvalue weighted by Gasteiger charge is 2.49. The van der Waals surface area contributed by atoms with Gasteiger partial charge >= 0.3 is 6.01 Å². The lowest BCUT2D eigenvalue weighted by atomic mass is 9.95. The van der Waals surface area contributed by atoms with Crippen LogP contribution in [0.25, 0.3) is 10.9 Å². The van der Waals surface area contributed by atoms with Gasteiger partial charge in [-0.15, -0.1) is 0 Å². The molecule has 3 aliphatic rings. The number of methoxy groups -OCH3 is 1. The Balaban J connectivity index is 1.43. The first-order valence-electron chi connectivity index (χ1n) is 12.3. The van der Waals surface area contributed by atoms with Gasteiger partial charge < -0.3 is 20.1 Å². The Morgan fingerprint density at radius 2 is 2.08 bits per heavy atom. The topological polar surface area (TPSA) is 112 Å². The van der Waals surface area contributed by atoms with E-state index in [4.69, 9.17) is 15.2 Å². The van der Waals surface area contributed by atoms with Crippen molar-refractivity contribution in [1.29, 1.82) is 0 Å². The van der Waals surface area contributed by atoms with E-state index in [1.165, 1.54) is 7.11 Å². The largest absolute Gasteiger partial charge is 0.493 e. The Bertz CT molecular complexity index is 1450. The number of carbonyl (C=O) groups is 1. The summed E-state index contributed by atoms with van der Waals surface area (Å²) in [5.41, 5.74) is 5.55. The number of aromatic nitrogens is 4. The molecule has 1 amide bonds. The molecule has 0 aliphatic carbocycles. The zero-order valence-electron chi connectivity index (χ0n) is 20.5. The van der Waals surface area contributed by atoms with Crippen molar-refractivity contribution in [1.82, 2.24) is 24.6 Å². The number of halogens is 4. The predicted octanol–water partition coefficient (Wildman–Crippen LogP) is 2.95. The lowest BCUT2D eigenvalue weighted by Crippen LogP contribution is -2.43. The fourth-order valence-electron chi connectivity index (χ4n) is 5.91. The molecule has 2 atom stereocenters. The van der Waals surface area contributed by atoms with E-state index in [2.05, 4.69) is 35.9 Å². The molecule has 38 heavy (non-hydrogen) atoms. The molecule has 6 rings (SSSR count). The van der Waals surface area contributed by atoms with Crippen molar-refractivity contribution < 1.29 is 27.4 Å². The average Bonchev–Trinajstić information content (AvgIpc) is 3.58. The number of amides is 1. The van der Waals surface area contributed by atoms with Gasteiger partial charge in [-0.2, -0.15) is 15.1 Å². The standard InChI is InChI=1S/C24H25BrF3N7O3/c1-37-20-15-19(17(27)16(25)18(20)28)30-23(38-11-24-3-2-4-34(24)9-12(26)8-24)31-22(15)33-5-6-35-13(10-33)7-14(32-35)21(29)36/h7,12H,2-6,8-11H2,1H3,(H2,29,36)/t12-,24+/m1/s1. The second-order valence-electron chi connectivity index (χ2n) is 9.92. The minimum absolute atomic E-state index is 0.0477. The van der Waals surface area contributed by atoms with Crippen molar-refractivity contribution >= 4 is 38.6 Å². The second kappa shape index (κ2) is 9.26. The third-order valence-electron chi connectivity index (χ3n) is 7.67. The SMILES string of the molecule is COc1c(F)c(Br)c(F)c2nc(OC[C@@]34CCCN3C[C@H](F)C4)nc(N3CCn4nc(C(N)=O)cc4C3)c12. The van der Waals surface area contributed by atoms with Gasteiger partial charge in [-0.3, -0.25) is 14.4 Å². The number of anilines is 1. The van der Waals surface area contributed by atoms with Gasteiger partial charge in [-0.05, 0) is 41.4 Å². The van der Waals surface area contributed by atoms with Crippen molar-refractivity contribution in [3.05, 3.63) is 33.6 Å². The van der Waals surface area contributed by atoms with E-state index in [1.54, 1.807) is 15.6 Å². The number of nitrogens with two attached hydrogens (primary N) is 1. The molecule has 3 aromatic rings. The van der Waals surface area contributed by atoms with E-state index in [0.29, 0.717) is 31.7 Å².